The van der Waals surface area contributed by atoms with Crippen LogP contribution < -0.4 is 0 Å². The van der Waals surface area contributed by atoms with Crippen LogP contribution in [0.15, 0.2) is 0 Å². The SMILES string of the molecule is CCO[SiH](OCC)C(C)CCCC(=O)O. The van der Waals surface area contributed by atoms with Gasteiger partial charge in [0.2, 0.25) is 0 Å². The first kappa shape index (κ1) is 14.6. The van der Waals surface area contributed by atoms with Crippen molar-refractivity contribution in [2.75, 3.05) is 13.2 Å². The van der Waals surface area contributed by atoms with Crippen LogP contribution >= 0.6 is 0 Å². The molecule has 0 heterocycles. The molecule has 0 aromatic heterocycles. The van der Waals surface area contributed by atoms with Crippen LogP contribution in [0.3, 0.4) is 0 Å². The van der Waals surface area contributed by atoms with E-state index in [1.807, 2.05) is 13.8 Å². The highest BCUT2D eigenvalue weighted by Gasteiger charge is 2.21. The first-order valence-corrected chi connectivity index (χ1v) is 7.17. The second-order valence-corrected chi connectivity index (χ2v) is 6.08. The summed E-state index contributed by atoms with van der Waals surface area (Å²) >= 11 is 0. The van der Waals surface area contributed by atoms with Crippen molar-refractivity contribution in [3.63, 3.8) is 0 Å². The van der Waals surface area contributed by atoms with Gasteiger partial charge < -0.3 is 14.0 Å². The minimum absolute atomic E-state index is 0.240. The molecule has 0 saturated heterocycles. The Bertz CT molecular complexity index is 169. The van der Waals surface area contributed by atoms with Gasteiger partial charge in [-0.1, -0.05) is 6.92 Å². The normalized spacial score (nSPS) is 13.1. The summed E-state index contributed by atoms with van der Waals surface area (Å²) in [5.74, 6) is -0.728. The Morgan fingerprint density at radius 3 is 2.27 bits per heavy atom. The molecule has 0 radical (unpaired) electrons. The monoisotopic (exact) mass is 234 g/mol. The van der Waals surface area contributed by atoms with Crippen molar-refractivity contribution in [3.05, 3.63) is 0 Å². The maximum Gasteiger partial charge on any atom is 0.324 e. The molecule has 90 valence electrons. The third-order valence-electron chi connectivity index (χ3n) is 2.18. The average molecular weight is 234 g/mol. The lowest BCUT2D eigenvalue weighted by atomic mass is 10.2. The van der Waals surface area contributed by atoms with Crippen molar-refractivity contribution in [2.24, 2.45) is 0 Å². The third kappa shape index (κ3) is 7.53. The lowest BCUT2D eigenvalue weighted by molar-refractivity contribution is -0.137. The van der Waals surface area contributed by atoms with E-state index in [0.717, 1.165) is 6.42 Å². The van der Waals surface area contributed by atoms with Gasteiger partial charge in [0.1, 0.15) is 0 Å². The Morgan fingerprint density at radius 2 is 1.87 bits per heavy atom. The van der Waals surface area contributed by atoms with Gasteiger partial charge in [0.05, 0.1) is 0 Å². The van der Waals surface area contributed by atoms with Crippen molar-refractivity contribution in [1.29, 1.82) is 0 Å². The van der Waals surface area contributed by atoms with Gasteiger partial charge in [-0.2, -0.15) is 0 Å². The molecule has 0 aliphatic carbocycles. The van der Waals surface area contributed by atoms with Gasteiger partial charge in [0, 0.05) is 19.6 Å². The fraction of sp³-hybridized carbons (Fsp3) is 0.900. The van der Waals surface area contributed by atoms with Crippen LogP contribution in [-0.2, 0) is 13.6 Å². The third-order valence-corrected chi connectivity index (χ3v) is 4.76. The van der Waals surface area contributed by atoms with Crippen LogP contribution in [0, 0.1) is 0 Å². The van der Waals surface area contributed by atoms with Gasteiger partial charge in [0.15, 0.2) is 0 Å². The molecule has 0 aliphatic heterocycles. The predicted octanol–water partition coefficient (Wildman–Crippen LogP) is 1.92. The number of hydrogen-bond donors (Lipinski definition) is 1. The fourth-order valence-electron chi connectivity index (χ4n) is 1.42. The summed E-state index contributed by atoms with van der Waals surface area (Å²) in [5.41, 5.74) is 0.379. The van der Waals surface area contributed by atoms with Gasteiger partial charge in [-0.05, 0) is 32.2 Å². The summed E-state index contributed by atoms with van der Waals surface area (Å²) in [7, 11) is -1.58. The molecule has 1 unspecified atom stereocenters. The molecule has 0 aliphatic rings. The molecule has 0 bridgehead atoms. The minimum Gasteiger partial charge on any atom is -0.481 e. The summed E-state index contributed by atoms with van der Waals surface area (Å²) < 4.78 is 11.1. The van der Waals surface area contributed by atoms with Crippen molar-refractivity contribution in [1.82, 2.24) is 0 Å². The van der Waals surface area contributed by atoms with Crippen LogP contribution in [0.4, 0.5) is 0 Å². The van der Waals surface area contributed by atoms with Gasteiger partial charge in [-0.3, -0.25) is 4.79 Å². The first-order valence-electron chi connectivity index (χ1n) is 5.56. The number of aliphatic carboxylic acids is 1. The van der Waals surface area contributed by atoms with Crippen molar-refractivity contribution >= 4 is 15.3 Å². The molecule has 15 heavy (non-hydrogen) atoms. The van der Waals surface area contributed by atoms with Gasteiger partial charge in [-0.15, -0.1) is 0 Å². The Morgan fingerprint density at radius 1 is 1.33 bits per heavy atom. The molecule has 1 atom stereocenters. The maximum absolute atomic E-state index is 10.4. The molecule has 5 heteroatoms. The van der Waals surface area contributed by atoms with E-state index in [0.29, 0.717) is 25.2 Å². The van der Waals surface area contributed by atoms with E-state index < -0.39 is 15.3 Å². The maximum atomic E-state index is 10.4. The molecule has 0 spiro atoms. The number of rotatable bonds is 9. The summed E-state index contributed by atoms with van der Waals surface area (Å²) in [6, 6.07) is 0. The van der Waals surface area contributed by atoms with Gasteiger partial charge in [0.25, 0.3) is 0 Å². The molecule has 0 saturated carbocycles. The molecule has 4 nitrogen and oxygen atoms in total. The van der Waals surface area contributed by atoms with Gasteiger partial charge in [-0.25, -0.2) is 0 Å². The molecular weight excluding hydrogens is 212 g/mol. The number of carbonyl (C=O) groups is 1. The Kier molecular flexibility index (Phi) is 8.65. The van der Waals surface area contributed by atoms with Crippen molar-refractivity contribution in [2.45, 2.75) is 45.6 Å². The molecular formula is C10H22O4Si. The van der Waals surface area contributed by atoms with E-state index in [1.54, 1.807) is 0 Å². The largest absolute Gasteiger partial charge is 0.481 e. The quantitative estimate of drug-likeness (QED) is 0.619. The average Bonchev–Trinajstić information content (AvgIpc) is 2.16. The zero-order valence-corrected chi connectivity index (χ0v) is 11.0. The van der Waals surface area contributed by atoms with E-state index in [9.17, 15) is 4.79 Å². The number of hydrogen-bond acceptors (Lipinski definition) is 3. The predicted molar refractivity (Wildman–Crippen MR) is 61.3 cm³/mol. The zero-order chi connectivity index (χ0) is 11.7. The Hall–Kier alpha value is -0.393. The molecule has 0 aromatic carbocycles. The standard InChI is InChI=1S/C10H22O4Si/c1-4-13-15(14-5-2)9(3)7-6-8-10(11)12/h9,15H,4-8H2,1-3H3,(H,11,12). The topological polar surface area (TPSA) is 55.8 Å². The Balaban J connectivity index is 3.79. The molecule has 0 fully saturated rings. The van der Waals surface area contributed by atoms with Crippen LogP contribution in [0.25, 0.3) is 0 Å². The summed E-state index contributed by atoms with van der Waals surface area (Å²) in [6.07, 6.45) is 1.83. The molecule has 0 amide bonds. The van der Waals surface area contributed by atoms with E-state index in [2.05, 4.69) is 6.92 Å². The zero-order valence-electron chi connectivity index (χ0n) is 9.86. The van der Waals surface area contributed by atoms with Crippen molar-refractivity contribution in [3.8, 4) is 0 Å². The molecule has 1 N–H and O–H groups in total. The summed E-state index contributed by atoms with van der Waals surface area (Å²) in [4.78, 5) is 10.4. The molecule has 0 rings (SSSR count). The highest BCUT2D eigenvalue weighted by molar-refractivity contribution is 6.46. The van der Waals surface area contributed by atoms with Crippen LogP contribution in [0.5, 0.6) is 0 Å². The number of carboxylic acid groups (broad SMARTS) is 1. The fourth-order valence-corrected chi connectivity index (χ4v) is 3.33. The lowest BCUT2D eigenvalue weighted by Gasteiger charge is -2.21. The van der Waals surface area contributed by atoms with E-state index in [4.69, 9.17) is 14.0 Å². The Labute approximate surface area is 93.4 Å². The smallest absolute Gasteiger partial charge is 0.324 e. The van der Waals surface area contributed by atoms with E-state index in [1.165, 1.54) is 0 Å². The van der Waals surface area contributed by atoms with Crippen molar-refractivity contribution < 1.29 is 18.8 Å². The summed E-state index contributed by atoms with van der Waals surface area (Å²) in [6.45, 7) is 7.37. The van der Waals surface area contributed by atoms with Crippen LogP contribution in [0.1, 0.15) is 40.0 Å². The first-order chi connectivity index (χ1) is 7.11. The summed E-state index contributed by atoms with van der Waals surface area (Å²) in [5, 5.41) is 8.52. The highest BCUT2D eigenvalue weighted by atomic mass is 28.3. The second-order valence-electron chi connectivity index (χ2n) is 3.54. The second kappa shape index (κ2) is 8.88. The minimum atomic E-state index is -1.58. The van der Waals surface area contributed by atoms with Crippen LogP contribution in [0.2, 0.25) is 5.54 Å². The van der Waals surface area contributed by atoms with E-state index >= 15 is 0 Å². The van der Waals surface area contributed by atoms with Crippen LogP contribution in [-0.4, -0.2) is 33.6 Å². The highest BCUT2D eigenvalue weighted by Crippen LogP contribution is 2.19. The number of carboxylic acids is 1. The van der Waals surface area contributed by atoms with Gasteiger partial charge >= 0.3 is 15.3 Å². The molecule has 0 aromatic rings. The van der Waals surface area contributed by atoms with E-state index in [-0.39, 0.29) is 6.42 Å². The lowest BCUT2D eigenvalue weighted by Crippen LogP contribution is -2.27.